The number of nitrogens with one attached hydrogen (secondary N) is 1. The molecule has 0 aliphatic rings. The van der Waals surface area contributed by atoms with Crippen LogP contribution in [0.4, 0.5) is 5.69 Å². The van der Waals surface area contributed by atoms with Crippen molar-refractivity contribution in [1.29, 1.82) is 0 Å². The van der Waals surface area contributed by atoms with E-state index in [4.69, 9.17) is 15.0 Å². The third-order valence-electron chi connectivity index (χ3n) is 4.31. The number of furan rings is 1. The number of benzene rings is 2. The van der Waals surface area contributed by atoms with E-state index in [2.05, 4.69) is 15.5 Å². The third kappa shape index (κ3) is 4.15. The minimum absolute atomic E-state index is 0.220. The van der Waals surface area contributed by atoms with Crippen molar-refractivity contribution in [3.63, 3.8) is 0 Å². The highest BCUT2D eigenvalue weighted by Gasteiger charge is 2.26. The molecule has 9 heteroatoms. The average Bonchev–Trinajstić information content (AvgIpc) is 3.42. The molecule has 2 aromatic heterocycles. The lowest BCUT2D eigenvalue weighted by Gasteiger charge is -2.16. The van der Waals surface area contributed by atoms with Gasteiger partial charge in [0.2, 0.25) is 16.9 Å². The van der Waals surface area contributed by atoms with Gasteiger partial charge in [0, 0.05) is 11.8 Å². The number of hydrogen-bond donors (Lipinski definition) is 2. The van der Waals surface area contributed by atoms with Gasteiger partial charge in [-0.1, -0.05) is 48.2 Å². The van der Waals surface area contributed by atoms with Crippen LogP contribution in [0.15, 0.2) is 82.6 Å². The Labute approximate surface area is 177 Å². The van der Waals surface area contributed by atoms with Gasteiger partial charge in [0.25, 0.3) is 0 Å². The van der Waals surface area contributed by atoms with E-state index in [0.717, 1.165) is 5.56 Å². The highest BCUT2D eigenvalue weighted by molar-refractivity contribution is 8.00. The molecule has 4 aromatic rings. The monoisotopic (exact) mass is 421 g/mol. The van der Waals surface area contributed by atoms with Crippen LogP contribution in [-0.2, 0) is 4.79 Å². The fraction of sp³-hybridized carbons (Fsp3) is 0.0952. The summed E-state index contributed by atoms with van der Waals surface area (Å²) in [6.45, 7) is 0. The number of nitrogens with zero attached hydrogens (tertiary/aromatic N) is 3. The zero-order chi connectivity index (χ0) is 20.9. The molecule has 0 saturated heterocycles. The molecule has 4 rings (SSSR count). The first kappa shape index (κ1) is 19.6. The standard InChI is InChI=1S/C21H19N5O3S/c1-28-16-10-5-9-15(13-16)23-20(27)18(14-7-3-2-4-8-14)30-21-25-24-19(26(21)22)17-11-6-12-29-17/h2-13,18H,22H2,1H3,(H,23,27). The van der Waals surface area contributed by atoms with Crippen molar-refractivity contribution in [3.8, 4) is 17.3 Å². The van der Waals surface area contributed by atoms with Crippen LogP contribution in [0, 0.1) is 0 Å². The smallest absolute Gasteiger partial charge is 0.242 e. The normalized spacial score (nSPS) is 11.8. The number of anilines is 1. The molecule has 2 aromatic carbocycles. The van der Waals surface area contributed by atoms with E-state index in [1.165, 1.54) is 22.7 Å². The number of methoxy groups -OCH3 is 1. The first-order valence-electron chi connectivity index (χ1n) is 9.06. The summed E-state index contributed by atoms with van der Waals surface area (Å²) in [6.07, 6.45) is 1.53. The molecule has 30 heavy (non-hydrogen) atoms. The molecule has 1 amide bonds. The van der Waals surface area contributed by atoms with Crippen molar-refractivity contribution in [3.05, 3.63) is 78.6 Å². The summed E-state index contributed by atoms with van der Waals surface area (Å²) in [5.41, 5.74) is 1.44. The van der Waals surface area contributed by atoms with Crippen molar-refractivity contribution in [2.75, 3.05) is 18.3 Å². The first-order chi connectivity index (χ1) is 14.7. The van der Waals surface area contributed by atoms with Crippen LogP contribution in [0.2, 0.25) is 0 Å². The molecule has 1 unspecified atom stereocenters. The molecular weight excluding hydrogens is 402 g/mol. The van der Waals surface area contributed by atoms with Crippen molar-refractivity contribution < 1.29 is 13.9 Å². The second-order valence-corrected chi connectivity index (χ2v) is 7.36. The highest BCUT2D eigenvalue weighted by Crippen LogP contribution is 2.36. The van der Waals surface area contributed by atoms with Crippen LogP contribution >= 0.6 is 11.8 Å². The SMILES string of the molecule is COc1cccc(NC(=O)C(Sc2nnc(-c3ccco3)n2N)c2ccccc2)c1. The van der Waals surface area contributed by atoms with E-state index in [1.54, 1.807) is 31.4 Å². The Balaban J connectivity index is 1.62. The molecular formula is C21H19N5O3S. The Morgan fingerprint density at radius 2 is 1.97 bits per heavy atom. The Morgan fingerprint density at radius 3 is 2.70 bits per heavy atom. The van der Waals surface area contributed by atoms with Gasteiger partial charge < -0.3 is 20.3 Å². The molecule has 0 bridgehead atoms. The van der Waals surface area contributed by atoms with E-state index in [9.17, 15) is 4.79 Å². The van der Waals surface area contributed by atoms with Gasteiger partial charge in [-0.25, -0.2) is 4.68 Å². The number of rotatable bonds is 7. The van der Waals surface area contributed by atoms with Gasteiger partial charge in [0.15, 0.2) is 5.76 Å². The Morgan fingerprint density at radius 1 is 1.13 bits per heavy atom. The van der Waals surface area contributed by atoms with Crippen molar-refractivity contribution >= 4 is 23.4 Å². The number of thioether (sulfide) groups is 1. The number of nitrogens with two attached hydrogens (primary N) is 1. The van der Waals surface area contributed by atoms with Crippen LogP contribution in [0.5, 0.6) is 5.75 Å². The van der Waals surface area contributed by atoms with E-state index >= 15 is 0 Å². The van der Waals surface area contributed by atoms with Crippen LogP contribution in [0.1, 0.15) is 10.8 Å². The molecule has 0 fully saturated rings. The maximum atomic E-state index is 13.2. The molecule has 8 nitrogen and oxygen atoms in total. The zero-order valence-corrected chi connectivity index (χ0v) is 16.9. The van der Waals surface area contributed by atoms with Crippen molar-refractivity contribution in [2.24, 2.45) is 0 Å². The number of hydrogen-bond acceptors (Lipinski definition) is 7. The van der Waals surface area contributed by atoms with Gasteiger partial charge in [-0.15, -0.1) is 10.2 Å². The van der Waals surface area contributed by atoms with Gasteiger partial charge in [-0.05, 0) is 29.8 Å². The Kier molecular flexibility index (Phi) is 5.71. The summed E-state index contributed by atoms with van der Waals surface area (Å²) in [6, 6.07) is 20.1. The van der Waals surface area contributed by atoms with Crippen LogP contribution in [0.3, 0.4) is 0 Å². The van der Waals surface area contributed by atoms with Crippen LogP contribution in [-0.4, -0.2) is 27.9 Å². The average molecular weight is 421 g/mol. The van der Waals surface area contributed by atoms with E-state index in [-0.39, 0.29) is 5.91 Å². The van der Waals surface area contributed by atoms with Gasteiger partial charge in [0.05, 0.1) is 13.4 Å². The topological polar surface area (TPSA) is 108 Å². The Bertz CT molecular complexity index is 1130. The molecule has 3 N–H and O–H groups in total. The maximum Gasteiger partial charge on any atom is 0.242 e. The number of aromatic nitrogens is 3. The summed E-state index contributed by atoms with van der Waals surface area (Å²) < 4.78 is 11.9. The maximum absolute atomic E-state index is 13.2. The van der Waals surface area contributed by atoms with Crippen molar-refractivity contribution in [1.82, 2.24) is 14.9 Å². The van der Waals surface area contributed by atoms with Gasteiger partial charge in [-0.2, -0.15) is 0 Å². The summed E-state index contributed by atoms with van der Waals surface area (Å²) in [4.78, 5) is 13.2. The highest BCUT2D eigenvalue weighted by atomic mass is 32.2. The fourth-order valence-corrected chi connectivity index (χ4v) is 3.80. The summed E-state index contributed by atoms with van der Waals surface area (Å²) in [5, 5.41) is 11.0. The second-order valence-electron chi connectivity index (χ2n) is 6.28. The fourth-order valence-electron chi connectivity index (χ4n) is 2.85. The predicted octanol–water partition coefficient (Wildman–Crippen LogP) is 3.73. The van der Waals surface area contributed by atoms with E-state index < -0.39 is 5.25 Å². The molecule has 0 aliphatic heterocycles. The molecule has 1 atom stereocenters. The predicted molar refractivity (Wildman–Crippen MR) is 115 cm³/mol. The second kappa shape index (κ2) is 8.75. The molecule has 0 saturated carbocycles. The summed E-state index contributed by atoms with van der Waals surface area (Å²) in [7, 11) is 1.58. The van der Waals surface area contributed by atoms with Crippen molar-refractivity contribution in [2.45, 2.75) is 10.4 Å². The lowest BCUT2D eigenvalue weighted by Crippen LogP contribution is -2.20. The number of amides is 1. The molecule has 152 valence electrons. The lowest BCUT2D eigenvalue weighted by molar-refractivity contribution is -0.115. The number of nitrogen functional groups attached to an aromatic ring is 1. The summed E-state index contributed by atoms with van der Waals surface area (Å²) in [5.74, 6) is 7.48. The molecule has 0 spiro atoms. The number of carbonyl (C=O) groups excluding carboxylic acids is 1. The molecule has 0 aliphatic carbocycles. The van der Waals surface area contributed by atoms with Gasteiger partial charge in [0.1, 0.15) is 11.0 Å². The number of carbonyl (C=O) groups is 1. The minimum atomic E-state index is -0.603. The largest absolute Gasteiger partial charge is 0.497 e. The lowest BCUT2D eigenvalue weighted by atomic mass is 10.1. The van der Waals surface area contributed by atoms with Crippen LogP contribution in [0.25, 0.3) is 11.6 Å². The first-order valence-corrected chi connectivity index (χ1v) is 9.94. The zero-order valence-electron chi connectivity index (χ0n) is 16.1. The van der Waals surface area contributed by atoms with Gasteiger partial charge in [-0.3, -0.25) is 4.79 Å². The number of ether oxygens (including phenoxy) is 1. The quantitative estimate of drug-likeness (QED) is 0.346. The van der Waals surface area contributed by atoms with Crippen LogP contribution < -0.4 is 15.9 Å². The third-order valence-corrected chi connectivity index (χ3v) is 5.52. The van der Waals surface area contributed by atoms with E-state index in [1.807, 2.05) is 42.5 Å². The molecule has 0 radical (unpaired) electrons. The summed E-state index contributed by atoms with van der Waals surface area (Å²) >= 11 is 1.20. The van der Waals surface area contributed by atoms with Gasteiger partial charge >= 0.3 is 0 Å². The Hall–Kier alpha value is -3.72. The minimum Gasteiger partial charge on any atom is -0.497 e. The van der Waals surface area contributed by atoms with E-state index in [0.29, 0.717) is 28.2 Å². The molecule has 2 heterocycles.